The van der Waals surface area contributed by atoms with Crippen LogP contribution < -0.4 is 10.9 Å². The van der Waals surface area contributed by atoms with Crippen LogP contribution in [0.15, 0.2) is 53.5 Å². The largest absolute Gasteiger partial charge is 0.467 e. The number of H-pyrrole nitrogens is 1. The number of hydrogen-bond donors (Lipinski definition) is 2. The predicted octanol–water partition coefficient (Wildman–Crippen LogP) is 3.51. The molecule has 0 spiro atoms. The average molecular weight is 473 g/mol. The molecule has 2 aromatic heterocycles. The summed E-state index contributed by atoms with van der Waals surface area (Å²) in [5, 5.41) is 4.29. The van der Waals surface area contributed by atoms with Crippen molar-refractivity contribution in [3.63, 3.8) is 0 Å². The summed E-state index contributed by atoms with van der Waals surface area (Å²) in [7, 11) is 1.30. The van der Waals surface area contributed by atoms with Crippen LogP contribution in [0.3, 0.4) is 0 Å². The van der Waals surface area contributed by atoms with Gasteiger partial charge in [-0.2, -0.15) is 0 Å². The van der Waals surface area contributed by atoms with Gasteiger partial charge in [0.2, 0.25) is 0 Å². The Labute approximate surface area is 202 Å². The molecule has 0 saturated carbocycles. The molecule has 0 saturated heterocycles. The topological polar surface area (TPSA) is 106 Å². The number of aromatic amines is 1. The molecular weight excluding hydrogens is 444 g/mol. The van der Waals surface area contributed by atoms with E-state index in [0.29, 0.717) is 23.0 Å². The molecule has 2 N–H and O–H groups in total. The zero-order valence-electron chi connectivity index (χ0n) is 19.7. The highest BCUT2D eigenvalue weighted by Gasteiger charge is 2.24. The first kappa shape index (κ1) is 22.8. The third kappa shape index (κ3) is 4.56. The molecule has 1 amide bonds. The number of amides is 1. The van der Waals surface area contributed by atoms with Gasteiger partial charge in [0.15, 0.2) is 0 Å². The van der Waals surface area contributed by atoms with E-state index in [1.165, 1.54) is 7.11 Å². The second-order valence-electron chi connectivity index (χ2n) is 8.99. The molecule has 3 heterocycles. The number of hydrogen-bond acceptors (Lipinski definition) is 5. The molecule has 0 radical (unpaired) electrons. The Hall–Kier alpha value is -3.94. The highest BCUT2D eigenvalue weighted by Crippen LogP contribution is 2.20. The zero-order valence-corrected chi connectivity index (χ0v) is 19.7. The van der Waals surface area contributed by atoms with Crippen molar-refractivity contribution in [1.82, 2.24) is 19.9 Å². The number of aromatic nitrogens is 3. The monoisotopic (exact) mass is 472 g/mol. The fraction of sp³-hybridized carbons (Fsp3) is 0.333. The molecule has 0 unspecified atom stereocenters. The number of carbonyl (C=O) groups is 2. The molecule has 1 aliphatic rings. The van der Waals surface area contributed by atoms with E-state index in [1.54, 1.807) is 22.8 Å². The van der Waals surface area contributed by atoms with E-state index in [0.717, 1.165) is 54.4 Å². The molecule has 8 nitrogen and oxygen atoms in total. The molecule has 1 aliphatic heterocycles. The summed E-state index contributed by atoms with van der Waals surface area (Å²) in [6, 6.07) is 11.8. The maximum absolute atomic E-state index is 13.1. The van der Waals surface area contributed by atoms with Crippen LogP contribution in [0.1, 0.15) is 47.4 Å². The first-order chi connectivity index (χ1) is 17.0. The number of ether oxygens (including phenoxy) is 1. The van der Waals surface area contributed by atoms with Crippen molar-refractivity contribution >= 4 is 33.7 Å². The van der Waals surface area contributed by atoms with Gasteiger partial charge < -0.3 is 15.0 Å². The van der Waals surface area contributed by atoms with E-state index in [9.17, 15) is 14.4 Å². The van der Waals surface area contributed by atoms with Crippen LogP contribution in [-0.2, 0) is 28.9 Å². The normalized spacial score (nSPS) is 14.7. The van der Waals surface area contributed by atoms with Gasteiger partial charge in [0, 0.05) is 42.0 Å². The first-order valence-electron chi connectivity index (χ1n) is 12.0. The van der Waals surface area contributed by atoms with Crippen LogP contribution >= 0.6 is 0 Å². The Morgan fingerprint density at radius 3 is 2.80 bits per heavy atom. The van der Waals surface area contributed by atoms with E-state index < -0.39 is 17.9 Å². The molecule has 8 heteroatoms. The van der Waals surface area contributed by atoms with E-state index in [4.69, 9.17) is 9.72 Å². The Kier molecular flexibility index (Phi) is 6.35. The number of fused-ring (bicyclic) bond motifs is 3. The summed E-state index contributed by atoms with van der Waals surface area (Å²) in [5.74, 6) is -0.176. The second-order valence-corrected chi connectivity index (χ2v) is 8.99. The third-order valence-electron chi connectivity index (χ3n) is 6.72. The van der Waals surface area contributed by atoms with Crippen molar-refractivity contribution in [3.05, 3.63) is 76.0 Å². The van der Waals surface area contributed by atoms with Gasteiger partial charge in [0.1, 0.15) is 11.9 Å². The number of methoxy groups -OCH3 is 1. The van der Waals surface area contributed by atoms with Crippen LogP contribution in [0.25, 0.3) is 21.8 Å². The first-order valence-corrected chi connectivity index (χ1v) is 12.0. The molecule has 2 aromatic carbocycles. The molecule has 0 fully saturated rings. The number of carbonyl (C=O) groups excluding carboxylic acids is 2. The standard InChI is InChI=1S/C27H28N4O4/c1-35-27(34)23(15-18-16-28-21-9-6-5-8-19(18)21)30-25(32)17-11-12-20-22(14-17)29-24-10-4-2-3-7-13-31(24)26(20)33/h5-6,8-9,11-12,14,16,23,28H,2-4,7,10,13,15H2,1H3,(H,30,32)/t23-/m1/s1. The fourth-order valence-corrected chi connectivity index (χ4v) is 4.83. The molecule has 5 rings (SSSR count). The van der Waals surface area contributed by atoms with Crippen LogP contribution in [0, 0.1) is 0 Å². The SMILES string of the molecule is COC(=O)[C@@H](Cc1c[nH]c2ccccc12)NC(=O)c1ccc2c(=O)n3c(nc2c1)CCCCCC3. The van der Waals surface area contributed by atoms with E-state index in [-0.39, 0.29) is 12.0 Å². The molecule has 0 bridgehead atoms. The van der Waals surface area contributed by atoms with Crippen LogP contribution in [-0.4, -0.2) is 39.6 Å². The number of nitrogens with one attached hydrogen (secondary N) is 2. The fourth-order valence-electron chi connectivity index (χ4n) is 4.83. The van der Waals surface area contributed by atoms with Gasteiger partial charge in [-0.25, -0.2) is 9.78 Å². The van der Waals surface area contributed by atoms with Gasteiger partial charge in [-0.05, 0) is 42.7 Å². The second kappa shape index (κ2) is 9.74. The lowest BCUT2D eigenvalue weighted by atomic mass is 10.0. The van der Waals surface area contributed by atoms with E-state index >= 15 is 0 Å². The maximum atomic E-state index is 13.1. The number of para-hydroxylation sites is 1. The van der Waals surface area contributed by atoms with Gasteiger partial charge in [-0.15, -0.1) is 0 Å². The number of nitrogens with zero attached hydrogens (tertiary/aromatic N) is 2. The van der Waals surface area contributed by atoms with Crippen molar-refractivity contribution in [2.45, 2.75) is 51.1 Å². The van der Waals surface area contributed by atoms with Crippen LogP contribution in [0.4, 0.5) is 0 Å². The zero-order chi connectivity index (χ0) is 24.4. The summed E-state index contributed by atoms with van der Waals surface area (Å²) in [5.41, 5.74) is 2.64. The molecule has 1 atom stereocenters. The number of rotatable bonds is 5. The van der Waals surface area contributed by atoms with Gasteiger partial charge in [0.25, 0.3) is 11.5 Å². The van der Waals surface area contributed by atoms with Gasteiger partial charge in [-0.3, -0.25) is 14.2 Å². The minimum absolute atomic E-state index is 0.0642. The summed E-state index contributed by atoms with van der Waals surface area (Å²) >= 11 is 0. The van der Waals surface area contributed by atoms with E-state index in [1.807, 2.05) is 30.5 Å². The quantitative estimate of drug-likeness (QED) is 0.433. The summed E-state index contributed by atoms with van der Waals surface area (Å²) in [6.45, 7) is 0.675. The molecule has 4 aromatic rings. The molecule has 180 valence electrons. The Morgan fingerprint density at radius 1 is 1.11 bits per heavy atom. The number of aryl methyl sites for hydroxylation is 1. The molecule has 0 aliphatic carbocycles. The number of esters is 1. The van der Waals surface area contributed by atoms with Crippen LogP contribution in [0.5, 0.6) is 0 Å². The van der Waals surface area contributed by atoms with Crippen molar-refractivity contribution < 1.29 is 14.3 Å². The minimum atomic E-state index is -0.864. The van der Waals surface area contributed by atoms with E-state index in [2.05, 4.69) is 10.3 Å². The summed E-state index contributed by atoms with van der Waals surface area (Å²) in [6.07, 6.45) is 7.07. The lowest BCUT2D eigenvalue weighted by molar-refractivity contribution is -0.142. The Morgan fingerprint density at radius 2 is 1.94 bits per heavy atom. The highest BCUT2D eigenvalue weighted by atomic mass is 16.5. The van der Waals surface area contributed by atoms with Gasteiger partial charge in [0.05, 0.1) is 18.0 Å². The van der Waals surface area contributed by atoms with Crippen LogP contribution in [0.2, 0.25) is 0 Å². The van der Waals surface area contributed by atoms with Crippen molar-refractivity contribution in [2.24, 2.45) is 0 Å². The molecule has 35 heavy (non-hydrogen) atoms. The van der Waals surface area contributed by atoms with Crippen molar-refractivity contribution in [3.8, 4) is 0 Å². The Bertz CT molecular complexity index is 1470. The number of benzene rings is 2. The van der Waals surface area contributed by atoms with Gasteiger partial charge >= 0.3 is 5.97 Å². The minimum Gasteiger partial charge on any atom is -0.467 e. The summed E-state index contributed by atoms with van der Waals surface area (Å²) < 4.78 is 6.73. The van der Waals surface area contributed by atoms with Crippen molar-refractivity contribution in [2.75, 3.05) is 7.11 Å². The molecular formula is C27H28N4O4. The highest BCUT2D eigenvalue weighted by molar-refractivity contribution is 5.99. The van der Waals surface area contributed by atoms with Gasteiger partial charge in [-0.1, -0.05) is 31.0 Å². The smallest absolute Gasteiger partial charge is 0.328 e. The average Bonchev–Trinajstić information content (AvgIpc) is 3.27. The predicted molar refractivity (Wildman–Crippen MR) is 133 cm³/mol. The van der Waals surface area contributed by atoms with Crippen molar-refractivity contribution in [1.29, 1.82) is 0 Å². The Balaban J connectivity index is 1.43. The summed E-state index contributed by atoms with van der Waals surface area (Å²) in [4.78, 5) is 46.7. The third-order valence-corrected chi connectivity index (χ3v) is 6.72. The lowest BCUT2D eigenvalue weighted by Gasteiger charge is -2.18. The maximum Gasteiger partial charge on any atom is 0.328 e. The lowest BCUT2D eigenvalue weighted by Crippen LogP contribution is -2.43.